The highest BCUT2D eigenvalue weighted by molar-refractivity contribution is 9.10. The zero-order valence-electron chi connectivity index (χ0n) is 11.9. The molecule has 0 heterocycles. The zero-order chi connectivity index (χ0) is 16.8. The van der Waals surface area contributed by atoms with Crippen molar-refractivity contribution in [3.8, 4) is 0 Å². The molecular formula is C16H13BrN2O3S. The molecule has 2 aromatic carbocycles. The van der Waals surface area contributed by atoms with E-state index in [0.717, 1.165) is 4.47 Å². The maximum absolute atomic E-state index is 11.9. The van der Waals surface area contributed by atoms with Gasteiger partial charge in [0.2, 0.25) is 0 Å². The van der Waals surface area contributed by atoms with Gasteiger partial charge in [-0.15, -0.1) is 0 Å². The monoisotopic (exact) mass is 392 g/mol. The maximum atomic E-state index is 11.9. The normalized spacial score (nSPS) is 9.96. The smallest absolute Gasteiger partial charge is 0.338 e. The maximum Gasteiger partial charge on any atom is 0.338 e. The summed E-state index contributed by atoms with van der Waals surface area (Å²) in [5.41, 5.74) is 6.84. The first-order chi connectivity index (χ1) is 11.0. The van der Waals surface area contributed by atoms with Crippen LogP contribution in [0.2, 0.25) is 0 Å². The van der Waals surface area contributed by atoms with Crippen LogP contribution in [0.4, 0.5) is 5.69 Å². The molecule has 0 amide bonds. The van der Waals surface area contributed by atoms with E-state index in [4.69, 9.17) is 22.7 Å². The average Bonchev–Trinajstić information content (AvgIpc) is 2.53. The van der Waals surface area contributed by atoms with Gasteiger partial charge in [0.1, 0.15) is 0 Å². The predicted octanol–water partition coefficient (Wildman–Crippen LogP) is 3.14. The van der Waals surface area contributed by atoms with E-state index in [2.05, 4.69) is 21.2 Å². The zero-order valence-corrected chi connectivity index (χ0v) is 14.3. The van der Waals surface area contributed by atoms with Crippen LogP contribution in [0.5, 0.6) is 0 Å². The topological polar surface area (TPSA) is 81.4 Å². The first-order valence-electron chi connectivity index (χ1n) is 6.58. The van der Waals surface area contributed by atoms with Crippen molar-refractivity contribution in [2.75, 3.05) is 11.9 Å². The summed E-state index contributed by atoms with van der Waals surface area (Å²) in [6, 6.07) is 13.2. The third-order valence-electron chi connectivity index (χ3n) is 2.89. The number of Topliss-reactive ketones (excluding diaryl/α,β-unsaturated/α-hetero) is 1. The SMILES string of the molecule is NC(=S)Nc1ccc(C(=O)OCC(=O)c2ccc(Br)cc2)cc1. The second-order valence-corrected chi connectivity index (χ2v) is 5.93. The Kier molecular flexibility index (Phi) is 5.84. The summed E-state index contributed by atoms with van der Waals surface area (Å²) in [6.45, 7) is -0.312. The van der Waals surface area contributed by atoms with Crippen LogP contribution in [-0.4, -0.2) is 23.5 Å². The minimum atomic E-state index is -0.572. The van der Waals surface area contributed by atoms with Crippen molar-refractivity contribution in [1.82, 2.24) is 0 Å². The molecule has 0 saturated carbocycles. The fourth-order valence-corrected chi connectivity index (χ4v) is 2.15. The highest BCUT2D eigenvalue weighted by Gasteiger charge is 2.12. The molecule has 0 saturated heterocycles. The van der Waals surface area contributed by atoms with E-state index < -0.39 is 5.97 Å². The highest BCUT2D eigenvalue weighted by Crippen LogP contribution is 2.12. The standard InChI is InChI=1S/C16H13BrN2O3S/c17-12-5-1-10(2-6-12)14(20)9-22-15(21)11-3-7-13(8-4-11)19-16(18)23/h1-8H,9H2,(H3,18,19,23). The Morgan fingerprint density at radius 3 is 2.17 bits per heavy atom. The third-order valence-corrected chi connectivity index (χ3v) is 3.52. The van der Waals surface area contributed by atoms with Crippen LogP contribution >= 0.6 is 28.1 Å². The molecule has 7 heteroatoms. The quantitative estimate of drug-likeness (QED) is 0.462. The molecule has 0 aromatic heterocycles. The number of esters is 1. The molecule has 5 nitrogen and oxygen atoms in total. The molecule has 2 rings (SSSR count). The lowest BCUT2D eigenvalue weighted by Gasteiger charge is -2.06. The minimum absolute atomic E-state index is 0.139. The molecule has 0 spiro atoms. The van der Waals surface area contributed by atoms with Crippen molar-refractivity contribution < 1.29 is 14.3 Å². The van der Waals surface area contributed by atoms with Gasteiger partial charge in [-0.3, -0.25) is 4.79 Å². The number of rotatable bonds is 5. The molecule has 0 aliphatic rings. The van der Waals surface area contributed by atoms with E-state index in [1.54, 1.807) is 48.5 Å². The predicted molar refractivity (Wildman–Crippen MR) is 95.6 cm³/mol. The van der Waals surface area contributed by atoms with Crippen molar-refractivity contribution in [3.05, 3.63) is 64.1 Å². The Bertz CT molecular complexity index is 730. The average molecular weight is 393 g/mol. The van der Waals surface area contributed by atoms with Crippen LogP contribution in [0.25, 0.3) is 0 Å². The van der Waals surface area contributed by atoms with Crippen molar-refractivity contribution in [2.45, 2.75) is 0 Å². The number of hydrogen-bond acceptors (Lipinski definition) is 4. The second kappa shape index (κ2) is 7.85. The summed E-state index contributed by atoms with van der Waals surface area (Å²) >= 11 is 8.01. The lowest BCUT2D eigenvalue weighted by Crippen LogP contribution is -2.19. The summed E-state index contributed by atoms with van der Waals surface area (Å²) in [6.07, 6.45) is 0. The van der Waals surface area contributed by atoms with E-state index in [-0.39, 0.29) is 17.5 Å². The molecule has 2 aromatic rings. The van der Waals surface area contributed by atoms with Crippen LogP contribution in [0.1, 0.15) is 20.7 Å². The van der Waals surface area contributed by atoms with Gasteiger partial charge in [-0.25, -0.2) is 4.79 Å². The van der Waals surface area contributed by atoms with E-state index in [0.29, 0.717) is 16.8 Å². The van der Waals surface area contributed by atoms with Gasteiger partial charge in [-0.2, -0.15) is 0 Å². The first-order valence-corrected chi connectivity index (χ1v) is 7.78. The Morgan fingerprint density at radius 1 is 1.04 bits per heavy atom. The van der Waals surface area contributed by atoms with E-state index in [1.807, 2.05) is 0 Å². The molecule has 0 fully saturated rings. The lowest BCUT2D eigenvalue weighted by molar-refractivity contribution is 0.0475. The van der Waals surface area contributed by atoms with Gasteiger partial charge in [-0.05, 0) is 48.6 Å². The lowest BCUT2D eigenvalue weighted by atomic mass is 10.1. The molecule has 0 atom stereocenters. The number of thiocarbonyl (C=S) groups is 1. The number of carbonyl (C=O) groups is 2. The van der Waals surface area contributed by atoms with Gasteiger partial charge in [0.15, 0.2) is 17.5 Å². The van der Waals surface area contributed by atoms with Gasteiger partial charge in [0, 0.05) is 15.7 Å². The summed E-state index contributed by atoms with van der Waals surface area (Å²) in [5, 5.41) is 2.89. The van der Waals surface area contributed by atoms with E-state index >= 15 is 0 Å². The number of nitrogens with two attached hydrogens (primary N) is 1. The number of carbonyl (C=O) groups excluding carboxylic acids is 2. The number of nitrogens with one attached hydrogen (secondary N) is 1. The molecule has 0 aliphatic carbocycles. The number of hydrogen-bond donors (Lipinski definition) is 2. The van der Waals surface area contributed by atoms with Gasteiger partial charge in [0.05, 0.1) is 5.56 Å². The van der Waals surface area contributed by atoms with Crippen LogP contribution in [-0.2, 0) is 4.74 Å². The van der Waals surface area contributed by atoms with E-state index in [1.165, 1.54) is 0 Å². The Labute approximate surface area is 147 Å². The van der Waals surface area contributed by atoms with Crippen LogP contribution in [0, 0.1) is 0 Å². The summed E-state index contributed by atoms with van der Waals surface area (Å²) < 4.78 is 5.90. The van der Waals surface area contributed by atoms with Crippen molar-refractivity contribution >= 4 is 50.7 Å². The number of benzene rings is 2. The highest BCUT2D eigenvalue weighted by atomic mass is 79.9. The Balaban J connectivity index is 1.92. The Hall–Kier alpha value is -2.25. The first kappa shape index (κ1) is 17.1. The Morgan fingerprint density at radius 2 is 1.61 bits per heavy atom. The molecule has 0 radical (unpaired) electrons. The van der Waals surface area contributed by atoms with Gasteiger partial charge in [0.25, 0.3) is 0 Å². The summed E-state index contributed by atoms with van der Waals surface area (Å²) in [5.74, 6) is -0.838. The van der Waals surface area contributed by atoms with Crippen LogP contribution in [0.15, 0.2) is 53.0 Å². The molecule has 3 N–H and O–H groups in total. The largest absolute Gasteiger partial charge is 0.454 e. The van der Waals surface area contributed by atoms with Crippen molar-refractivity contribution in [1.29, 1.82) is 0 Å². The van der Waals surface area contributed by atoms with Gasteiger partial charge in [-0.1, -0.05) is 28.1 Å². The van der Waals surface area contributed by atoms with Crippen LogP contribution in [0.3, 0.4) is 0 Å². The molecular weight excluding hydrogens is 380 g/mol. The molecule has 0 aliphatic heterocycles. The molecule has 23 heavy (non-hydrogen) atoms. The molecule has 0 unspecified atom stereocenters. The third kappa shape index (κ3) is 5.15. The molecule has 118 valence electrons. The summed E-state index contributed by atoms with van der Waals surface area (Å²) in [4.78, 5) is 23.9. The fourth-order valence-electron chi connectivity index (χ4n) is 1.77. The minimum Gasteiger partial charge on any atom is -0.454 e. The van der Waals surface area contributed by atoms with E-state index in [9.17, 15) is 9.59 Å². The van der Waals surface area contributed by atoms with Crippen molar-refractivity contribution in [2.24, 2.45) is 5.73 Å². The molecule has 0 bridgehead atoms. The second-order valence-electron chi connectivity index (χ2n) is 4.57. The van der Waals surface area contributed by atoms with Crippen molar-refractivity contribution in [3.63, 3.8) is 0 Å². The van der Waals surface area contributed by atoms with Gasteiger partial charge >= 0.3 is 5.97 Å². The fraction of sp³-hybridized carbons (Fsp3) is 0.0625. The van der Waals surface area contributed by atoms with Gasteiger partial charge < -0.3 is 15.8 Å². The number of ketones is 1. The number of halogens is 1. The van der Waals surface area contributed by atoms with Crippen LogP contribution < -0.4 is 11.1 Å². The number of anilines is 1. The number of ether oxygens (including phenoxy) is 1. The summed E-state index contributed by atoms with van der Waals surface area (Å²) in [7, 11) is 0.